The molecule has 0 amide bonds. The van der Waals surface area contributed by atoms with Crippen molar-refractivity contribution in [3.05, 3.63) is 130 Å². The molecule has 2 aromatic heterocycles. The van der Waals surface area contributed by atoms with Gasteiger partial charge in [0.05, 0.1) is 50.3 Å². The van der Waals surface area contributed by atoms with Crippen molar-refractivity contribution in [3.8, 4) is 56.4 Å². The van der Waals surface area contributed by atoms with Crippen LogP contribution in [-0.2, 0) is 0 Å². The number of hydrogen-bond donors (Lipinski definition) is 0. The second-order valence-corrected chi connectivity index (χ2v) is 11.8. The van der Waals surface area contributed by atoms with E-state index in [9.17, 15) is 9.59 Å². The minimum absolute atomic E-state index is 0.376. The molecule has 0 saturated carbocycles. The van der Waals surface area contributed by atoms with E-state index in [4.69, 9.17) is 27.8 Å². The van der Waals surface area contributed by atoms with Gasteiger partial charge < -0.3 is 27.8 Å². The summed E-state index contributed by atoms with van der Waals surface area (Å²) in [6, 6.07) is 34.4. The maximum atomic E-state index is 13.5. The molecule has 0 unspecified atom stereocenters. The van der Waals surface area contributed by atoms with E-state index >= 15 is 0 Å². The summed E-state index contributed by atoms with van der Waals surface area (Å²) in [6.45, 7) is 0. The highest BCUT2D eigenvalue weighted by Crippen LogP contribution is 2.41. The lowest BCUT2D eigenvalue weighted by Gasteiger charge is -2.15. The third-order valence-electron chi connectivity index (χ3n) is 9.20. The van der Waals surface area contributed by atoms with Crippen LogP contribution in [0.5, 0.6) is 23.0 Å². The molecule has 0 N–H and O–H groups in total. The third kappa shape index (κ3) is 4.92. The smallest absolute Gasteiger partial charge is 0.344 e. The van der Waals surface area contributed by atoms with Crippen LogP contribution in [0, 0.1) is 0 Å². The molecule has 2 heterocycles. The van der Waals surface area contributed by atoms with Gasteiger partial charge in [0.15, 0.2) is 0 Å². The Labute approximate surface area is 285 Å². The monoisotopic (exact) mass is 662 g/mol. The van der Waals surface area contributed by atoms with Crippen LogP contribution < -0.4 is 30.2 Å². The van der Waals surface area contributed by atoms with Crippen LogP contribution in [0.1, 0.15) is 0 Å². The molecule has 0 fully saturated rings. The van der Waals surface area contributed by atoms with Crippen LogP contribution in [0.4, 0.5) is 0 Å². The first kappa shape index (κ1) is 30.8. The molecule has 246 valence electrons. The zero-order chi connectivity index (χ0) is 34.5. The van der Waals surface area contributed by atoms with Gasteiger partial charge >= 0.3 is 11.3 Å². The SMILES string of the molecule is COc1cc(OC)c2cc(-c3cccc4c(-c5cccc6c(-c7cc8c(OC)cc(OC)cc8oc7=O)cccc56)cccc34)c(=O)oc2c1. The number of benzene rings is 6. The van der Waals surface area contributed by atoms with Crippen molar-refractivity contribution >= 4 is 43.5 Å². The molecule has 0 aliphatic carbocycles. The molecule has 8 heteroatoms. The second kappa shape index (κ2) is 12.2. The van der Waals surface area contributed by atoms with E-state index in [2.05, 4.69) is 12.1 Å². The van der Waals surface area contributed by atoms with Crippen molar-refractivity contribution in [1.29, 1.82) is 0 Å². The van der Waals surface area contributed by atoms with Crippen molar-refractivity contribution in [1.82, 2.24) is 0 Å². The Hall–Kier alpha value is -6.54. The lowest BCUT2D eigenvalue weighted by Crippen LogP contribution is -2.04. The summed E-state index contributed by atoms with van der Waals surface area (Å²) in [6.07, 6.45) is 0. The van der Waals surface area contributed by atoms with E-state index in [-0.39, 0.29) is 0 Å². The molecule has 8 rings (SSSR count). The Morgan fingerprint density at radius 2 is 0.720 bits per heavy atom. The van der Waals surface area contributed by atoms with E-state index in [0.29, 0.717) is 56.1 Å². The van der Waals surface area contributed by atoms with Gasteiger partial charge in [0.2, 0.25) is 0 Å². The van der Waals surface area contributed by atoms with Crippen LogP contribution in [-0.4, -0.2) is 28.4 Å². The normalized spacial score (nSPS) is 11.4. The first-order chi connectivity index (χ1) is 24.4. The summed E-state index contributed by atoms with van der Waals surface area (Å²) in [5.41, 5.74) is 4.06. The van der Waals surface area contributed by atoms with Crippen LogP contribution >= 0.6 is 0 Å². The zero-order valence-electron chi connectivity index (χ0n) is 27.7. The van der Waals surface area contributed by atoms with Crippen LogP contribution in [0.25, 0.3) is 76.9 Å². The molecule has 50 heavy (non-hydrogen) atoms. The lowest BCUT2D eigenvalue weighted by molar-refractivity contribution is 0.395. The minimum Gasteiger partial charge on any atom is -0.496 e. The molecule has 8 nitrogen and oxygen atoms in total. The fourth-order valence-electron chi connectivity index (χ4n) is 6.83. The predicted octanol–water partition coefficient (Wildman–Crippen LogP) is 9.24. The Balaban J connectivity index is 1.31. The molecule has 0 spiro atoms. The van der Waals surface area contributed by atoms with Gasteiger partial charge in [-0.15, -0.1) is 0 Å². The second-order valence-electron chi connectivity index (χ2n) is 11.8. The maximum absolute atomic E-state index is 13.5. The van der Waals surface area contributed by atoms with Crippen LogP contribution in [0.15, 0.2) is 128 Å². The van der Waals surface area contributed by atoms with Crippen molar-refractivity contribution in [2.75, 3.05) is 28.4 Å². The molecular weight excluding hydrogens is 632 g/mol. The van der Waals surface area contributed by atoms with Gasteiger partial charge in [0.1, 0.15) is 34.2 Å². The molecule has 0 saturated heterocycles. The van der Waals surface area contributed by atoms with E-state index < -0.39 is 11.3 Å². The van der Waals surface area contributed by atoms with E-state index in [1.54, 1.807) is 52.7 Å². The number of hydrogen-bond acceptors (Lipinski definition) is 8. The van der Waals surface area contributed by atoms with Crippen molar-refractivity contribution in [3.63, 3.8) is 0 Å². The Kier molecular flexibility index (Phi) is 7.49. The molecule has 0 aliphatic rings. The fourth-order valence-corrected chi connectivity index (χ4v) is 6.83. The highest BCUT2D eigenvalue weighted by atomic mass is 16.5. The molecule has 0 aliphatic heterocycles. The summed E-state index contributed by atoms with van der Waals surface area (Å²) in [7, 11) is 6.24. The Bertz CT molecular complexity index is 2570. The number of rotatable bonds is 7. The number of fused-ring (bicyclic) bond motifs is 4. The Morgan fingerprint density at radius 3 is 1.04 bits per heavy atom. The molecule has 0 radical (unpaired) electrons. The van der Waals surface area contributed by atoms with E-state index in [0.717, 1.165) is 43.8 Å². The van der Waals surface area contributed by atoms with Crippen molar-refractivity contribution < 1.29 is 27.8 Å². The third-order valence-corrected chi connectivity index (χ3v) is 9.20. The quantitative estimate of drug-likeness (QED) is 0.156. The van der Waals surface area contributed by atoms with Gasteiger partial charge in [-0.05, 0) is 55.9 Å². The maximum Gasteiger partial charge on any atom is 0.344 e. The van der Waals surface area contributed by atoms with Gasteiger partial charge in [0.25, 0.3) is 0 Å². The molecular formula is C42H30O8. The van der Waals surface area contributed by atoms with E-state index in [1.165, 1.54) is 0 Å². The standard InChI is InChI=1S/C42H30O8/c1-45-23-17-37(47-3)35-21-33(41(43)49-39(35)19-23)31-15-7-11-27-25(9-5-13-29(27)31)26-10-6-14-30-28(26)12-8-16-32(30)34-22-36-38(48-4)18-24(46-2)20-40(36)50-42(34)44/h5-22H,1-4H3. The first-order valence-corrected chi connectivity index (χ1v) is 15.9. The zero-order valence-corrected chi connectivity index (χ0v) is 27.7. The van der Waals surface area contributed by atoms with Gasteiger partial charge in [-0.1, -0.05) is 72.8 Å². The van der Waals surface area contributed by atoms with Crippen molar-refractivity contribution in [2.45, 2.75) is 0 Å². The van der Waals surface area contributed by atoms with Gasteiger partial charge in [-0.25, -0.2) is 9.59 Å². The van der Waals surface area contributed by atoms with Gasteiger partial charge in [-0.3, -0.25) is 0 Å². The summed E-state index contributed by atoms with van der Waals surface area (Å²) < 4.78 is 33.6. The first-order valence-electron chi connectivity index (χ1n) is 15.9. The largest absolute Gasteiger partial charge is 0.496 e. The van der Waals surface area contributed by atoms with Crippen LogP contribution in [0.2, 0.25) is 0 Å². The minimum atomic E-state index is -0.468. The number of methoxy groups -OCH3 is 4. The fraction of sp³-hybridized carbons (Fsp3) is 0.0952. The highest BCUT2D eigenvalue weighted by molar-refractivity contribution is 6.12. The predicted molar refractivity (Wildman–Crippen MR) is 196 cm³/mol. The summed E-state index contributed by atoms with van der Waals surface area (Å²) >= 11 is 0. The average Bonchev–Trinajstić information content (AvgIpc) is 3.15. The van der Waals surface area contributed by atoms with Gasteiger partial charge in [-0.2, -0.15) is 0 Å². The van der Waals surface area contributed by atoms with Crippen LogP contribution in [0.3, 0.4) is 0 Å². The molecule has 8 aromatic rings. The molecule has 0 atom stereocenters. The van der Waals surface area contributed by atoms with E-state index in [1.807, 2.05) is 72.8 Å². The Morgan fingerprint density at radius 1 is 0.380 bits per heavy atom. The number of ether oxygens (including phenoxy) is 4. The summed E-state index contributed by atoms with van der Waals surface area (Å²) in [4.78, 5) is 26.9. The topological polar surface area (TPSA) is 97.3 Å². The van der Waals surface area contributed by atoms with Crippen molar-refractivity contribution in [2.24, 2.45) is 0 Å². The summed E-state index contributed by atoms with van der Waals surface area (Å²) in [5.74, 6) is 2.13. The molecule has 0 bridgehead atoms. The molecule has 6 aromatic carbocycles. The summed E-state index contributed by atoms with van der Waals surface area (Å²) in [5, 5.41) is 4.99. The van der Waals surface area contributed by atoms with Gasteiger partial charge in [0, 0.05) is 24.3 Å². The highest BCUT2D eigenvalue weighted by Gasteiger charge is 2.19. The average molecular weight is 663 g/mol. The lowest BCUT2D eigenvalue weighted by atomic mass is 9.89.